The number of hydrogen-bond acceptors (Lipinski definition) is 4. The van der Waals surface area contributed by atoms with E-state index in [1.165, 1.54) is 11.3 Å². The zero-order valence-corrected chi connectivity index (χ0v) is 18.3. The Labute approximate surface area is 184 Å². The van der Waals surface area contributed by atoms with E-state index in [-0.39, 0.29) is 17.7 Å². The van der Waals surface area contributed by atoms with Crippen molar-refractivity contribution >= 4 is 23.2 Å². The Balaban J connectivity index is 1.13. The molecule has 31 heavy (non-hydrogen) atoms. The number of carbonyl (C=O) groups excluding carboxylic acids is 2. The van der Waals surface area contributed by atoms with E-state index in [1.54, 1.807) is 24.3 Å². The maximum absolute atomic E-state index is 12.4. The van der Waals surface area contributed by atoms with Crippen molar-refractivity contribution in [2.45, 2.75) is 26.2 Å². The highest BCUT2D eigenvalue weighted by Crippen LogP contribution is 2.30. The topological polar surface area (TPSA) is 64.7 Å². The molecule has 0 aromatic heterocycles. The first-order valence-electron chi connectivity index (χ1n) is 11.3. The lowest BCUT2D eigenvalue weighted by atomic mass is 10.2. The van der Waals surface area contributed by atoms with Crippen molar-refractivity contribution in [1.82, 2.24) is 10.2 Å². The lowest BCUT2D eigenvalue weighted by molar-refractivity contribution is -0.117. The first-order chi connectivity index (χ1) is 15.1. The molecule has 2 aliphatic rings. The molecular weight excluding hydrogens is 388 g/mol. The fourth-order valence-electron chi connectivity index (χ4n) is 3.96. The highest BCUT2D eigenvalue weighted by atomic mass is 16.2. The van der Waals surface area contributed by atoms with Gasteiger partial charge in [0.05, 0.1) is 0 Å². The zero-order chi connectivity index (χ0) is 21.6. The number of piperazine rings is 1. The van der Waals surface area contributed by atoms with E-state index in [4.69, 9.17) is 0 Å². The lowest BCUT2D eigenvalue weighted by Gasteiger charge is -2.36. The SMILES string of the molecule is Cc1cccc(N2CCN(CCCNC(=O)c3ccc(NC(=O)C4CC4)cc3)CC2)c1. The Morgan fingerprint density at radius 2 is 1.74 bits per heavy atom. The van der Waals surface area contributed by atoms with E-state index in [0.717, 1.165) is 57.7 Å². The third-order valence-corrected chi connectivity index (χ3v) is 6.04. The minimum absolute atomic E-state index is 0.0654. The standard InChI is InChI=1S/C25H32N4O2/c1-19-4-2-5-23(18-19)29-16-14-28(15-17-29)13-3-12-26-24(30)20-8-10-22(11-9-20)27-25(31)21-6-7-21/h2,4-5,8-11,18,21H,3,6-7,12-17H2,1H3,(H,26,30)(H,27,31). The lowest BCUT2D eigenvalue weighted by Crippen LogP contribution is -2.47. The van der Waals surface area contributed by atoms with E-state index in [1.807, 2.05) is 0 Å². The minimum Gasteiger partial charge on any atom is -0.369 e. The van der Waals surface area contributed by atoms with Gasteiger partial charge in [0.15, 0.2) is 0 Å². The van der Waals surface area contributed by atoms with Crippen LogP contribution in [0, 0.1) is 12.8 Å². The summed E-state index contributed by atoms with van der Waals surface area (Å²) in [5, 5.41) is 5.90. The van der Waals surface area contributed by atoms with Gasteiger partial charge in [-0.25, -0.2) is 0 Å². The molecule has 2 N–H and O–H groups in total. The van der Waals surface area contributed by atoms with E-state index in [9.17, 15) is 9.59 Å². The van der Waals surface area contributed by atoms with Gasteiger partial charge in [-0.05, 0) is 74.7 Å². The molecule has 1 saturated carbocycles. The number of amides is 2. The summed E-state index contributed by atoms with van der Waals surface area (Å²) in [7, 11) is 0. The molecule has 1 aliphatic heterocycles. The van der Waals surface area contributed by atoms with Crippen LogP contribution in [0.5, 0.6) is 0 Å². The molecular formula is C25H32N4O2. The molecule has 4 rings (SSSR count). The molecule has 1 heterocycles. The van der Waals surface area contributed by atoms with Crippen LogP contribution in [0.15, 0.2) is 48.5 Å². The van der Waals surface area contributed by atoms with Crippen molar-refractivity contribution in [3.8, 4) is 0 Å². The third-order valence-electron chi connectivity index (χ3n) is 6.04. The Bertz CT molecular complexity index is 900. The van der Waals surface area contributed by atoms with Gasteiger partial charge in [-0.2, -0.15) is 0 Å². The van der Waals surface area contributed by atoms with Gasteiger partial charge < -0.3 is 15.5 Å². The summed E-state index contributed by atoms with van der Waals surface area (Å²) in [4.78, 5) is 29.1. The minimum atomic E-state index is -0.0654. The van der Waals surface area contributed by atoms with Crippen molar-refractivity contribution in [3.63, 3.8) is 0 Å². The van der Waals surface area contributed by atoms with Gasteiger partial charge in [0, 0.05) is 55.6 Å². The quantitative estimate of drug-likeness (QED) is 0.644. The van der Waals surface area contributed by atoms with E-state index in [2.05, 4.69) is 51.6 Å². The van der Waals surface area contributed by atoms with Crippen LogP contribution in [-0.2, 0) is 4.79 Å². The molecule has 2 aromatic carbocycles. The van der Waals surface area contributed by atoms with Gasteiger partial charge in [0.1, 0.15) is 0 Å². The fourth-order valence-corrected chi connectivity index (χ4v) is 3.96. The van der Waals surface area contributed by atoms with Crippen molar-refractivity contribution < 1.29 is 9.59 Å². The van der Waals surface area contributed by atoms with Gasteiger partial charge in [0.2, 0.25) is 5.91 Å². The molecule has 1 saturated heterocycles. The number of hydrogen-bond donors (Lipinski definition) is 2. The van der Waals surface area contributed by atoms with Crippen molar-refractivity contribution in [2.75, 3.05) is 49.5 Å². The van der Waals surface area contributed by atoms with Crippen LogP contribution >= 0.6 is 0 Å². The van der Waals surface area contributed by atoms with Crippen molar-refractivity contribution in [2.24, 2.45) is 5.92 Å². The zero-order valence-electron chi connectivity index (χ0n) is 18.3. The summed E-state index contributed by atoms with van der Waals surface area (Å²) in [6, 6.07) is 15.8. The second-order valence-electron chi connectivity index (χ2n) is 8.62. The first-order valence-corrected chi connectivity index (χ1v) is 11.3. The molecule has 1 aliphatic carbocycles. The van der Waals surface area contributed by atoms with Gasteiger partial charge >= 0.3 is 0 Å². The molecule has 0 bridgehead atoms. The summed E-state index contributed by atoms with van der Waals surface area (Å²) in [5.74, 6) is 0.190. The largest absolute Gasteiger partial charge is 0.369 e. The second-order valence-corrected chi connectivity index (χ2v) is 8.62. The normalized spacial score (nSPS) is 16.7. The van der Waals surface area contributed by atoms with Crippen molar-refractivity contribution in [1.29, 1.82) is 0 Å². The average molecular weight is 421 g/mol. The molecule has 0 atom stereocenters. The monoisotopic (exact) mass is 420 g/mol. The molecule has 0 radical (unpaired) electrons. The Hall–Kier alpha value is -2.86. The first kappa shape index (κ1) is 21.4. The molecule has 0 spiro atoms. The van der Waals surface area contributed by atoms with E-state index < -0.39 is 0 Å². The molecule has 2 aromatic rings. The third kappa shape index (κ3) is 6.07. The maximum atomic E-state index is 12.4. The molecule has 6 nitrogen and oxygen atoms in total. The summed E-state index contributed by atoms with van der Waals surface area (Å²) < 4.78 is 0. The summed E-state index contributed by atoms with van der Waals surface area (Å²) in [6.07, 6.45) is 2.90. The molecule has 164 valence electrons. The summed E-state index contributed by atoms with van der Waals surface area (Å²) in [5.41, 5.74) is 3.98. The van der Waals surface area contributed by atoms with Crippen LogP contribution in [0.25, 0.3) is 0 Å². The number of rotatable bonds is 8. The van der Waals surface area contributed by atoms with Crippen LogP contribution in [0.4, 0.5) is 11.4 Å². The van der Waals surface area contributed by atoms with Crippen LogP contribution in [-0.4, -0.2) is 56.0 Å². The second kappa shape index (κ2) is 9.96. The highest BCUT2D eigenvalue weighted by Gasteiger charge is 2.29. The molecule has 2 amide bonds. The van der Waals surface area contributed by atoms with Crippen molar-refractivity contribution in [3.05, 3.63) is 59.7 Å². The number of benzene rings is 2. The Kier molecular flexibility index (Phi) is 6.87. The van der Waals surface area contributed by atoms with Gasteiger partial charge in [-0.3, -0.25) is 14.5 Å². The number of anilines is 2. The number of carbonyl (C=O) groups is 2. The van der Waals surface area contributed by atoms with Gasteiger partial charge in [0.25, 0.3) is 5.91 Å². The number of nitrogens with one attached hydrogen (secondary N) is 2. The number of nitrogens with zero attached hydrogens (tertiary/aromatic N) is 2. The predicted molar refractivity (Wildman–Crippen MR) is 125 cm³/mol. The average Bonchev–Trinajstić information content (AvgIpc) is 3.63. The van der Waals surface area contributed by atoms with Crippen LogP contribution < -0.4 is 15.5 Å². The smallest absolute Gasteiger partial charge is 0.251 e. The van der Waals surface area contributed by atoms with Gasteiger partial charge in [-0.1, -0.05) is 12.1 Å². The Morgan fingerprint density at radius 3 is 2.42 bits per heavy atom. The predicted octanol–water partition coefficient (Wildman–Crippen LogP) is 3.29. The molecule has 6 heteroatoms. The number of aryl methyl sites for hydroxylation is 1. The fraction of sp³-hybridized carbons (Fsp3) is 0.440. The molecule has 0 unspecified atom stereocenters. The highest BCUT2D eigenvalue weighted by molar-refractivity contribution is 5.96. The Morgan fingerprint density at radius 1 is 1.00 bits per heavy atom. The van der Waals surface area contributed by atoms with Crippen LogP contribution in [0.2, 0.25) is 0 Å². The molecule has 2 fully saturated rings. The van der Waals surface area contributed by atoms with E-state index >= 15 is 0 Å². The summed E-state index contributed by atoms with van der Waals surface area (Å²) in [6.45, 7) is 7.98. The summed E-state index contributed by atoms with van der Waals surface area (Å²) >= 11 is 0. The van der Waals surface area contributed by atoms with Crippen LogP contribution in [0.3, 0.4) is 0 Å². The van der Waals surface area contributed by atoms with E-state index in [0.29, 0.717) is 12.1 Å². The maximum Gasteiger partial charge on any atom is 0.251 e. The van der Waals surface area contributed by atoms with Gasteiger partial charge in [-0.15, -0.1) is 0 Å². The van der Waals surface area contributed by atoms with Crippen LogP contribution in [0.1, 0.15) is 35.2 Å².